The lowest BCUT2D eigenvalue weighted by Crippen LogP contribution is -2.70. The van der Waals surface area contributed by atoms with Gasteiger partial charge in [-0.2, -0.15) is 0 Å². The van der Waals surface area contributed by atoms with Crippen LogP contribution in [-0.4, -0.2) is 343 Å². The zero-order chi connectivity index (χ0) is 95.0. The van der Waals surface area contributed by atoms with Crippen molar-refractivity contribution < 1.29 is 243 Å². The van der Waals surface area contributed by atoms with Crippen LogP contribution < -0.4 is 0 Å². The van der Waals surface area contributed by atoms with E-state index < -0.39 is 343 Å². The quantitative estimate of drug-likeness (QED) is 0.0455. The number of rotatable bonds is 36. The molecule has 51 nitrogen and oxygen atoms in total. The Morgan fingerprint density at radius 2 is 0.260 bits per heavy atom. The maximum absolute atomic E-state index is 13.8. The number of carbonyl (C=O) groups is 20. The highest BCUT2D eigenvalue weighted by Crippen LogP contribution is 2.43. The molecule has 0 radical (unpaired) electrons. The standard InChI is InChI=1S/C76H102O51/c1-27(77)97-21-47-53(103-33(7)83)59(104-34(8)84)66(111-41(15)91)72(118-47)124-55-49(23-99-29(3)79)120-74(68(113-43(17)93)61(55)106-36(10)86)126-57-51(25-101-31(5)81)122-76(70(115-45(19)95)63(57)108-38(12)88)127-58-52(26-102-32(6)82)121-75(69(114-44(18)94)64(58)109-39(13)89)125-56-50(24-100-30(4)80)119-73(67(112-42(16)92)62(56)107-37(11)87)123-54-48(22-98-28(2)78)117-71(116-46(20)96)65(110-40(14)90)60(54)105-35(9)85/h47-76H,21-26H2,1-20H3/t47-,48-,49-,50-,51-,52-,53-,54-,55-,56-,57-,58-,59+,60+,61+,62+,63+,64+,65-,66-,67-,68-,69-,70-,71?,72-,73-,74-,75-,76-/m1/s1. The van der Waals surface area contributed by atoms with Crippen LogP contribution in [0.1, 0.15) is 138 Å². The minimum Gasteiger partial charge on any atom is -0.463 e. The molecule has 1 unspecified atom stereocenters. The molecule has 0 bridgehead atoms. The molecule has 30 atom stereocenters. The van der Waals surface area contributed by atoms with Crippen LogP contribution >= 0.6 is 0 Å². The van der Waals surface area contributed by atoms with Crippen LogP contribution in [0.15, 0.2) is 0 Å². The molecule has 712 valence electrons. The molecular formula is C76H102O51. The summed E-state index contributed by atoms with van der Waals surface area (Å²) in [7, 11) is 0. The lowest BCUT2D eigenvalue weighted by Gasteiger charge is -2.52. The smallest absolute Gasteiger partial charge is 0.305 e. The van der Waals surface area contributed by atoms with Gasteiger partial charge in [0.25, 0.3) is 0 Å². The van der Waals surface area contributed by atoms with E-state index in [4.69, 9.17) is 147 Å². The first-order valence-corrected chi connectivity index (χ1v) is 38.8. The second-order valence-corrected chi connectivity index (χ2v) is 28.6. The number of ether oxygens (including phenoxy) is 31. The summed E-state index contributed by atoms with van der Waals surface area (Å²) >= 11 is 0. The normalized spacial score (nSPS) is 32.6. The zero-order valence-corrected chi connectivity index (χ0v) is 72.4. The van der Waals surface area contributed by atoms with Crippen molar-refractivity contribution in [3.8, 4) is 0 Å². The molecule has 0 N–H and O–H groups in total. The summed E-state index contributed by atoms with van der Waals surface area (Å²) in [6, 6.07) is 0. The van der Waals surface area contributed by atoms with Crippen molar-refractivity contribution in [1.82, 2.24) is 0 Å². The summed E-state index contributed by atoms with van der Waals surface area (Å²) in [5.74, 6) is -22.9. The van der Waals surface area contributed by atoms with Crippen molar-refractivity contribution in [1.29, 1.82) is 0 Å². The van der Waals surface area contributed by atoms with Crippen LogP contribution in [0.25, 0.3) is 0 Å². The molecule has 6 aliphatic heterocycles. The van der Waals surface area contributed by atoms with Gasteiger partial charge in [0.15, 0.2) is 105 Å². The van der Waals surface area contributed by atoms with Crippen molar-refractivity contribution in [3.05, 3.63) is 0 Å². The SMILES string of the molecule is CC(=O)OC[C@H]1O[C@H](O[C@H]2[C@H](OC(C)=O)[C@@H](OC(C)=O)[C@@H](O[C@H]3[C@H](OC(C)=O)[C@@H](OC(C)=O)[C@@H](O[C@H]4[C@H](OC(C)=O)[C@@H](OC(C)=O)[C@@H](O[C@H]5[C@H](OC(C)=O)[C@@H](OC(C)=O)[C@@H](O[C@H]6[C@H](OC(C)=O)[C@@H](OC(C)=O)C(OC(C)=O)O[C@@H]6COC(C)=O)O[C@@H]5COC(C)=O)O[C@@H]4COC(C)=O)O[C@@H]3COC(C)=O)O[C@@H]2COC(C)=O)[C@H](OC(C)=O)[C@@H](OC(C)=O)[C@@H]1OC(C)=O. The van der Waals surface area contributed by atoms with Crippen molar-refractivity contribution in [2.24, 2.45) is 0 Å². The molecular weight excluding hydrogens is 1730 g/mol. The van der Waals surface area contributed by atoms with Crippen LogP contribution in [0.5, 0.6) is 0 Å². The summed E-state index contributed by atoms with van der Waals surface area (Å²) < 4.78 is 183. The van der Waals surface area contributed by atoms with E-state index in [-0.39, 0.29) is 0 Å². The monoisotopic (exact) mass is 1830 g/mol. The Balaban J connectivity index is 1.55. The van der Waals surface area contributed by atoms with Crippen LogP contribution in [0.2, 0.25) is 0 Å². The lowest BCUT2D eigenvalue weighted by molar-refractivity contribution is -0.396. The van der Waals surface area contributed by atoms with E-state index in [1.54, 1.807) is 0 Å². The van der Waals surface area contributed by atoms with Gasteiger partial charge >= 0.3 is 119 Å². The molecule has 0 aromatic heterocycles. The molecule has 51 heteroatoms. The lowest BCUT2D eigenvalue weighted by atomic mass is 9.94. The second-order valence-electron chi connectivity index (χ2n) is 28.6. The summed E-state index contributed by atoms with van der Waals surface area (Å²) in [6.07, 6.45) is -64.2. The Morgan fingerprint density at radius 3 is 0.409 bits per heavy atom. The van der Waals surface area contributed by atoms with Crippen LogP contribution in [0, 0.1) is 0 Å². The Labute approximate surface area is 722 Å². The molecule has 0 spiro atoms. The average Bonchev–Trinajstić information content (AvgIpc) is 0.753. The van der Waals surface area contributed by atoms with Crippen molar-refractivity contribution >= 4 is 119 Å². The number of carbonyl (C=O) groups excluding carboxylic acids is 20. The fraction of sp³-hybridized carbons (Fsp3) is 0.737. The first-order valence-electron chi connectivity index (χ1n) is 38.8. The highest BCUT2D eigenvalue weighted by atomic mass is 16.8. The van der Waals surface area contributed by atoms with Gasteiger partial charge in [0.2, 0.25) is 12.4 Å². The van der Waals surface area contributed by atoms with E-state index in [2.05, 4.69) is 0 Å². The maximum atomic E-state index is 13.8. The first-order chi connectivity index (χ1) is 59.4. The Bertz CT molecular complexity index is 3970. The zero-order valence-electron chi connectivity index (χ0n) is 72.4. The Morgan fingerprint density at radius 1 is 0.142 bits per heavy atom. The van der Waals surface area contributed by atoms with E-state index in [0.29, 0.717) is 0 Å². The van der Waals surface area contributed by atoms with E-state index >= 15 is 0 Å². The Hall–Kier alpha value is -11.0. The molecule has 0 saturated carbocycles. The summed E-state index contributed by atoms with van der Waals surface area (Å²) in [5, 5.41) is 0. The van der Waals surface area contributed by atoms with Crippen LogP contribution in [0.3, 0.4) is 0 Å². The number of esters is 20. The van der Waals surface area contributed by atoms with Gasteiger partial charge in [0.1, 0.15) is 107 Å². The largest absolute Gasteiger partial charge is 0.463 e. The molecule has 0 aromatic carbocycles. The Kier molecular flexibility index (Phi) is 39.8. The molecule has 6 rings (SSSR count). The third-order valence-electron chi connectivity index (χ3n) is 17.9. The van der Waals surface area contributed by atoms with Gasteiger partial charge in [-0.1, -0.05) is 0 Å². The van der Waals surface area contributed by atoms with Gasteiger partial charge in [0.05, 0.1) is 0 Å². The highest BCUT2D eigenvalue weighted by Gasteiger charge is 2.65. The topological polar surface area (TPSA) is 628 Å². The number of hydrogen-bond acceptors (Lipinski definition) is 51. The molecule has 0 amide bonds. The predicted octanol–water partition coefficient (Wildman–Crippen LogP) is -2.68. The average molecular weight is 1830 g/mol. The minimum absolute atomic E-state index is 0.801. The molecule has 6 saturated heterocycles. The van der Waals surface area contributed by atoms with Crippen molar-refractivity contribution in [3.63, 3.8) is 0 Å². The second kappa shape index (κ2) is 48.2. The number of hydrogen-bond donors (Lipinski definition) is 0. The molecule has 6 heterocycles. The summed E-state index contributed by atoms with van der Waals surface area (Å²) in [4.78, 5) is 263. The molecule has 0 aliphatic carbocycles. The summed E-state index contributed by atoms with van der Waals surface area (Å²) in [6.45, 7) is 11.6. The van der Waals surface area contributed by atoms with E-state index in [1.165, 1.54) is 0 Å². The van der Waals surface area contributed by atoms with Gasteiger partial charge in [-0.3, -0.25) is 95.9 Å². The van der Waals surface area contributed by atoms with Crippen molar-refractivity contribution in [2.75, 3.05) is 39.6 Å². The predicted molar refractivity (Wildman–Crippen MR) is 390 cm³/mol. The molecule has 6 fully saturated rings. The van der Waals surface area contributed by atoms with Gasteiger partial charge in [-0.05, 0) is 0 Å². The third-order valence-corrected chi connectivity index (χ3v) is 17.9. The van der Waals surface area contributed by atoms with Crippen LogP contribution in [-0.2, 0) is 243 Å². The highest BCUT2D eigenvalue weighted by molar-refractivity contribution is 5.73. The fourth-order valence-electron chi connectivity index (χ4n) is 13.9. The summed E-state index contributed by atoms with van der Waals surface area (Å²) in [5.41, 5.74) is 0. The van der Waals surface area contributed by atoms with Gasteiger partial charge in [-0.25, -0.2) is 0 Å². The van der Waals surface area contributed by atoms with E-state index in [0.717, 1.165) is 138 Å². The van der Waals surface area contributed by atoms with E-state index in [1.807, 2.05) is 0 Å². The van der Waals surface area contributed by atoms with Gasteiger partial charge in [-0.15, -0.1) is 0 Å². The van der Waals surface area contributed by atoms with Crippen LogP contribution in [0.4, 0.5) is 0 Å². The molecule has 127 heavy (non-hydrogen) atoms. The van der Waals surface area contributed by atoms with E-state index in [9.17, 15) is 95.9 Å². The minimum atomic E-state index is -2.44. The maximum Gasteiger partial charge on any atom is 0.305 e. The first kappa shape index (κ1) is 105. The van der Waals surface area contributed by atoms with Gasteiger partial charge < -0.3 is 147 Å². The van der Waals surface area contributed by atoms with Gasteiger partial charge in [0, 0.05) is 138 Å². The van der Waals surface area contributed by atoms with Crippen molar-refractivity contribution in [2.45, 2.75) is 323 Å². The molecule has 6 aliphatic rings. The fourth-order valence-corrected chi connectivity index (χ4v) is 13.9. The third kappa shape index (κ3) is 31.7. The molecule has 0 aromatic rings.